The Morgan fingerprint density at radius 1 is 1.32 bits per heavy atom. The molecule has 1 atom stereocenters. The van der Waals surface area contributed by atoms with Crippen LogP contribution in [0.4, 0.5) is 0 Å². The number of hydrogen-bond donors (Lipinski definition) is 1. The predicted molar refractivity (Wildman–Crippen MR) is 79.6 cm³/mol. The predicted octanol–water partition coefficient (Wildman–Crippen LogP) is 1.62. The number of piperazine rings is 3. The average Bonchev–Trinajstić information content (AvgIpc) is 2.79. The zero-order chi connectivity index (χ0) is 13.4. The van der Waals surface area contributed by atoms with Gasteiger partial charge in [-0.1, -0.05) is 13.8 Å². The van der Waals surface area contributed by atoms with Crippen LogP contribution in [0.15, 0.2) is 0 Å². The first-order valence-corrected chi connectivity index (χ1v) is 8.11. The normalized spacial score (nSPS) is 30.2. The summed E-state index contributed by atoms with van der Waals surface area (Å²) >= 11 is 1.91. The number of hydrogen-bond acceptors (Lipinski definition) is 5. The van der Waals surface area contributed by atoms with Crippen molar-refractivity contribution in [2.45, 2.75) is 39.4 Å². The number of aromatic nitrogens is 1. The Hall–Kier alpha value is -0.490. The van der Waals surface area contributed by atoms with Crippen molar-refractivity contribution in [1.29, 1.82) is 0 Å². The van der Waals surface area contributed by atoms with E-state index in [-0.39, 0.29) is 0 Å². The van der Waals surface area contributed by atoms with Crippen LogP contribution in [0.3, 0.4) is 0 Å². The molecule has 0 saturated carbocycles. The molecule has 3 aliphatic heterocycles. The van der Waals surface area contributed by atoms with E-state index >= 15 is 0 Å². The van der Waals surface area contributed by atoms with Crippen molar-refractivity contribution in [3.8, 4) is 0 Å². The molecule has 1 aromatic heterocycles. The number of thiazole rings is 1. The molecule has 1 N–H and O–H groups in total. The van der Waals surface area contributed by atoms with Gasteiger partial charge < -0.3 is 5.32 Å². The van der Waals surface area contributed by atoms with E-state index in [0.717, 1.165) is 6.54 Å². The van der Waals surface area contributed by atoms with E-state index in [0.29, 0.717) is 12.1 Å². The minimum Gasteiger partial charge on any atom is -0.310 e. The van der Waals surface area contributed by atoms with Gasteiger partial charge in [-0.05, 0) is 6.92 Å². The fourth-order valence-corrected chi connectivity index (χ4v) is 4.05. The number of nitrogens with zero attached hydrogens (tertiary/aromatic N) is 3. The van der Waals surface area contributed by atoms with Crippen LogP contribution in [0.5, 0.6) is 0 Å². The maximum Gasteiger partial charge on any atom is 0.112 e. The van der Waals surface area contributed by atoms with E-state index in [1.165, 1.54) is 48.3 Å². The molecule has 0 radical (unpaired) electrons. The molecule has 0 aliphatic carbocycles. The van der Waals surface area contributed by atoms with E-state index in [1.807, 2.05) is 11.3 Å². The Labute approximate surface area is 119 Å². The smallest absolute Gasteiger partial charge is 0.112 e. The van der Waals surface area contributed by atoms with Gasteiger partial charge in [-0.2, -0.15) is 0 Å². The van der Waals surface area contributed by atoms with Gasteiger partial charge in [-0.25, -0.2) is 4.98 Å². The molecule has 0 aromatic carbocycles. The van der Waals surface area contributed by atoms with Gasteiger partial charge in [0.05, 0.1) is 11.7 Å². The molecule has 3 fully saturated rings. The van der Waals surface area contributed by atoms with Crippen LogP contribution in [0.1, 0.15) is 35.5 Å². The minimum atomic E-state index is 0.533. The topological polar surface area (TPSA) is 31.4 Å². The van der Waals surface area contributed by atoms with Gasteiger partial charge in [0.25, 0.3) is 0 Å². The summed E-state index contributed by atoms with van der Waals surface area (Å²) in [5.41, 5.74) is 1.21. The molecule has 19 heavy (non-hydrogen) atoms. The lowest BCUT2D eigenvalue weighted by atomic mass is 10.1. The van der Waals surface area contributed by atoms with E-state index in [4.69, 9.17) is 4.98 Å². The zero-order valence-corrected chi connectivity index (χ0v) is 13.0. The fourth-order valence-electron chi connectivity index (χ4n) is 2.91. The van der Waals surface area contributed by atoms with Crippen LogP contribution in [-0.2, 0) is 6.54 Å². The first kappa shape index (κ1) is 13.5. The van der Waals surface area contributed by atoms with Gasteiger partial charge in [0, 0.05) is 50.2 Å². The van der Waals surface area contributed by atoms with Gasteiger partial charge in [0.15, 0.2) is 0 Å². The number of aryl methyl sites for hydroxylation is 1. The highest BCUT2D eigenvalue weighted by atomic mass is 32.1. The fraction of sp³-hybridized carbons (Fsp3) is 0.786. The van der Waals surface area contributed by atoms with Gasteiger partial charge in [0.2, 0.25) is 0 Å². The largest absolute Gasteiger partial charge is 0.310 e. The summed E-state index contributed by atoms with van der Waals surface area (Å²) in [4.78, 5) is 11.4. The third kappa shape index (κ3) is 2.84. The highest BCUT2D eigenvalue weighted by Gasteiger charge is 2.34. The van der Waals surface area contributed by atoms with E-state index < -0.39 is 0 Å². The molecule has 2 bridgehead atoms. The molecule has 1 unspecified atom stereocenters. The highest BCUT2D eigenvalue weighted by molar-refractivity contribution is 7.11. The van der Waals surface area contributed by atoms with Crippen molar-refractivity contribution in [1.82, 2.24) is 20.1 Å². The third-order valence-corrected chi connectivity index (χ3v) is 5.40. The van der Waals surface area contributed by atoms with Crippen molar-refractivity contribution in [3.05, 3.63) is 15.6 Å². The van der Waals surface area contributed by atoms with Crippen molar-refractivity contribution in [3.63, 3.8) is 0 Å². The molecule has 5 heteroatoms. The summed E-state index contributed by atoms with van der Waals surface area (Å²) in [5, 5.41) is 4.82. The summed E-state index contributed by atoms with van der Waals surface area (Å²) in [6, 6.07) is 1.07. The minimum absolute atomic E-state index is 0.533. The third-order valence-electron chi connectivity index (χ3n) is 4.14. The second-order valence-corrected chi connectivity index (χ2v) is 7.06. The molecule has 0 amide bonds. The molecule has 106 valence electrons. The molecule has 4 rings (SSSR count). The van der Waals surface area contributed by atoms with Crippen molar-refractivity contribution in [2.24, 2.45) is 0 Å². The maximum atomic E-state index is 4.84. The summed E-state index contributed by atoms with van der Waals surface area (Å²) in [5.74, 6) is 0. The number of fused-ring (bicyclic) bond motifs is 3. The molecule has 1 aromatic rings. The lowest BCUT2D eigenvalue weighted by Crippen LogP contribution is -2.56. The summed E-state index contributed by atoms with van der Waals surface area (Å²) in [7, 11) is 0. The quantitative estimate of drug-likeness (QED) is 0.908. The van der Waals surface area contributed by atoms with Crippen LogP contribution in [0.25, 0.3) is 0 Å². The van der Waals surface area contributed by atoms with Gasteiger partial charge in [-0.15, -0.1) is 11.3 Å². The summed E-state index contributed by atoms with van der Waals surface area (Å²) in [6.45, 7) is 13.6. The number of rotatable bonds is 4. The second kappa shape index (κ2) is 5.48. The Balaban J connectivity index is 1.73. The molecule has 3 saturated heterocycles. The molecular formula is C14H24N4S. The van der Waals surface area contributed by atoms with Crippen molar-refractivity contribution in [2.75, 3.05) is 32.7 Å². The molecule has 3 aliphatic rings. The van der Waals surface area contributed by atoms with Crippen LogP contribution >= 0.6 is 11.3 Å². The molecule has 4 heterocycles. The van der Waals surface area contributed by atoms with Crippen LogP contribution in [0, 0.1) is 6.92 Å². The Morgan fingerprint density at radius 3 is 2.63 bits per heavy atom. The lowest BCUT2D eigenvalue weighted by molar-refractivity contribution is 0.0122. The Morgan fingerprint density at radius 2 is 2.05 bits per heavy atom. The standard InChI is InChI=1S/C14H24N4S/c1-10(2)15-8-13-11(3)16-14(19-13)12-9-17-4-6-18(12)7-5-17/h10,12,15H,4-9H2,1-3H3. The van der Waals surface area contributed by atoms with E-state index in [2.05, 4.69) is 35.9 Å². The maximum absolute atomic E-state index is 4.84. The Kier molecular flexibility index (Phi) is 3.89. The first-order chi connectivity index (χ1) is 9.13. The zero-order valence-electron chi connectivity index (χ0n) is 12.1. The van der Waals surface area contributed by atoms with Crippen molar-refractivity contribution < 1.29 is 0 Å². The monoisotopic (exact) mass is 280 g/mol. The summed E-state index contributed by atoms with van der Waals surface area (Å²) < 4.78 is 0. The molecular weight excluding hydrogens is 256 g/mol. The highest BCUT2D eigenvalue weighted by Crippen LogP contribution is 2.32. The molecule has 0 spiro atoms. The average molecular weight is 280 g/mol. The lowest BCUT2D eigenvalue weighted by Gasteiger charge is -2.46. The van der Waals surface area contributed by atoms with Crippen LogP contribution in [0.2, 0.25) is 0 Å². The SMILES string of the molecule is Cc1nc(C2CN3CCN2CC3)sc1CNC(C)C. The van der Waals surface area contributed by atoms with Gasteiger partial charge >= 0.3 is 0 Å². The van der Waals surface area contributed by atoms with E-state index in [1.54, 1.807) is 0 Å². The van der Waals surface area contributed by atoms with E-state index in [9.17, 15) is 0 Å². The van der Waals surface area contributed by atoms with Gasteiger partial charge in [0.1, 0.15) is 5.01 Å². The van der Waals surface area contributed by atoms with Crippen LogP contribution in [-0.4, -0.2) is 53.5 Å². The Bertz CT molecular complexity index is 435. The first-order valence-electron chi connectivity index (χ1n) is 7.29. The molecule has 4 nitrogen and oxygen atoms in total. The van der Waals surface area contributed by atoms with Gasteiger partial charge in [-0.3, -0.25) is 9.80 Å². The summed E-state index contributed by atoms with van der Waals surface area (Å²) in [6.07, 6.45) is 0. The number of nitrogens with one attached hydrogen (secondary N) is 1. The van der Waals surface area contributed by atoms with Crippen LogP contribution < -0.4 is 5.32 Å². The van der Waals surface area contributed by atoms with Crippen molar-refractivity contribution >= 4 is 11.3 Å². The second-order valence-electron chi connectivity index (χ2n) is 5.95.